The molecule has 164 valence electrons. The predicted molar refractivity (Wildman–Crippen MR) is 119 cm³/mol. The van der Waals surface area contributed by atoms with Crippen LogP contribution in [0.5, 0.6) is 0 Å². The Morgan fingerprint density at radius 1 is 1.13 bits per heavy atom. The Bertz CT molecular complexity index is 807. The number of rotatable bonds is 6. The van der Waals surface area contributed by atoms with Crippen LogP contribution in [0.25, 0.3) is 6.08 Å². The summed E-state index contributed by atoms with van der Waals surface area (Å²) >= 11 is 0. The largest absolute Gasteiger partial charge is 0.492 e. The second-order valence-electron chi connectivity index (χ2n) is 9.79. The van der Waals surface area contributed by atoms with Gasteiger partial charge >= 0.3 is 13.2 Å². The van der Waals surface area contributed by atoms with Crippen LogP contribution in [0.4, 0.5) is 4.79 Å². The number of carbonyl (C=O) groups excluding carboxylic acids is 2. The van der Waals surface area contributed by atoms with Gasteiger partial charge in [-0.2, -0.15) is 0 Å². The molecular formula is C23H34BNO5. The van der Waals surface area contributed by atoms with Crippen molar-refractivity contribution in [2.24, 2.45) is 0 Å². The van der Waals surface area contributed by atoms with Gasteiger partial charge in [0.1, 0.15) is 11.4 Å². The summed E-state index contributed by atoms with van der Waals surface area (Å²) in [7, 11) is -0.610. The van der Waals surface area contributed by atoms with Gasteiger partial charge in [0, 0.05) is 13.0 Å². The van der Waals surface area contributed by atoms with E-state index in [1.54, 1.807) is 6.92 Å². The molecule has 1 aliphatic rings. The van der Waals surface area contributed by atoms with Crippen molar-refractivity contribution >= 4 is 25.1 Å². The Morgan fingerprint density at radius 3 is 2.27 bits per heavy atom. The highest BCUT2D eigenvalue weighted by Crippen LogP contribution is 2.38. The van der Waals surface area contributed by atoms with Crippen LogP contribution in [0.3, 0.4) is 0 Å². The molecule has 6 nitrogen and oxygen atoms in total. The smallest absolute Gasteiger partial charge is 0.444 e. The van der Waals surface area contributed by atoms with Crippen molar-refractivity contribution < 1.29 is 23.6 Å². The van der Waals surface area contributed by atoms with Gasteiger partial charge in [-0.1, -0.05) is 30.3 Å². The molecule has 0 radical (unpaired) electrons. The summed E-state index contributed by atoms with van der Waals surface area (Å²) in [5.74, 6) is 0.105. The number of hydrogen-bond donors (Lipinski definition) is 1. The van der Waals surface area contributed by atoms with Gasteiger partial charge in [-0.05, 0) is 72.0 Å². The van der Waals surface area contributed by atoms with Crippen molar-refractivity contribution in [3.8, 4) is 0 Å². The Balaban J connectivity index is 2.29. The summed E-state index contributed by atoms with van der Waals surface area (Å²) in [5, 5.41) is 2.79. The van der Waals surface area contributed by atoms with Gasteiger partial charge in [0.2, 0.25) is 0 Å². The van der Waals surface area contributed by atoms with E-state index in [1.807, 2.05) is 78.8 Å². The first-order valence-electron chi connectivity index (χ1n) is 10.3. The molecular weight excluding hydrogens is 381 g/mol. The van der Waals surface area contributed by atoms with Crippen LogP contribution in [-0.2, 0) is 25.3 Å². The number of nitrogens with one attached hydrogen (secondary N) is 1. The van der Waals surface area contributed by atoms with Crippen LogP contribution < -0.4 is 5.32 Å². The van der Waals surface area contributed by atoms with Gasteiger partial charge in [-0.25, -0.2) is 4.79 Å². The molecule has 7 heteroatoms. The molecule has 0 unspecified atom stereocenters. The van der Waals surface area contributed by atoms with Crippen LogP contribution in [-0.4, -0.2) is 42.3 Å². The van der Waals surface area contributed by atoms with Gasteiger partial charge in [0.25, 0.3) is 0 Å². The van der Waals surface area contributed by atoms with E-state index in [4.69, 9.17) is 14.0 Å². The summed E-state index contributed by atoms with van der Waals surface area (Å²) in [4.78, 5) is 23.7. The average Bonchev–Trinajstić information content (AvgIpc) is 2.77. The van der Waals surface area contributed by atoms with Crippen molar-refractivity contribution in [2.75, 3.05) is 6.54 Å². The summed E-state index contributed by atoms with van der Waals surface area (Å²) in [6.07, 6.45) is 1.81. The minimum absolute atomic E-state index is 0.105. The molecule has 1 fully saturated rings. The van der Waals surface area contributed by atoms with Crippen LogP contribution >= 0.6 is 0 Å². The zero-order chi connectivity index (χ0) is 22.7. The van der Waals surface area contributed by atoms with Gasteiger partial charge < -0.3 is 19.4 Å². The average molecular weight is 415 g/mol. The van der Waals surface area contributed by atoms with E-state index in [0.717, 1.165) is 16.6 Å². The maximum absolute atomic E-state index is 12.2. The van der Waals surface area contributed by atoms with E-state index in [1.165, 1.54) is 0 Å². The highest BCUT2D eigenvalue weighted by Gasteiger charge is 2.52. The summed E-state index contributed by atoms with van der Waals surface area (Å²) in [5.41, 5.74) is 1.02. The lowest BCUT2D eigenvalue weighted by Gasteiger charge is -2.32. The van der Waals surface area contributed by atoms with E-state index in [-0.39, 0.29) is 12.3 Å². The summed E-state index contributed by atoms with van der Waals surface area (Å²) in [6.45, 7) is 15.2. The van der Waals surface area contributed by atoms with Crippen molar-refractivity contribution in [2.45, 2.75) is 78.6 Å². The fourth-order valence-electron chi connectivity index (χ4n) is 2.98. The highest BCUT2D eigenvalue weighted by atomic mass is 16.7. The molecule has 1 saturated heterocycles. The van der Waals surface area contributed by atoms with Crippen LogP contribution in [0.1, 0.15) is 66.5 Å². The molecule has 0 saturated carbocycles. The molecule has 1 heterocycles. The van der Waals surface area contributed by atoms with Crippen LogP contribution in [0.2, 0.25) is 0 Å². The minimum atomic E-state index is -0.610. The predicted octanol–water partition coefficient (Wildman–Crippen LogP) is 4.36. The molecule has 1 N–H and O–H groups in total. The Morgan fingerprint density at radius 2 is 1.73 bits per heavy atom. The molecule has 0 aliphatic carbocycles. The SMILES string of the molecule is CC(=O)Cc1cccc(C=C(CNC(=O)OC(C)(C)C)B2OC(C)(C)C(C)(C)O2)c1. The number of hydrogen-bond acceptors (Lipinski definition) is 5. The molecule has 0 atom stereocenters. The first kappa shape index (κ1) is 24.2. The third-order valence-corrected chi connectivity index (χ3v) is 5.15. The van der Waals surface area contributed by atoms with Crippen molar-refractivity contribution in [3.63, 3.8) is 0 Å². The second-order valence-corrected chi connectivity index (χ2v) is 9.79. The highest BCUT2D eigenvalue weighted by molar-refractivity contribution is 6.56. The molecule has 1 aromatic rings. The van der Waals surface area contributed by atoms with E-state index >= 15 is 0 Å². The molecule has 2 rings (SSSR count). The number of amides is 1. The van der Waals surface area contributed by atoms with Crippen LogP contribution in [0.15, 0.2) is 29.7 Å². The van der Waals surface area contributed by atoms with Crippen LogP contribution in [0, 0.1) is 0 Å². The standard InChI is InChI=1S/C23H34BNO5/c1-16(26)12-17-10-9-11-18(13-17)14-19(15-25-20(27)28-21(2,3)4)24-29-22(5,6)23(7,8)30-24/h9-11,13-14H,12,15H2,1-8H3,(H,25,27). The molecule has 0 bridgehead atoms. The quantitative estimate of drug-likeness (QED) is 0.699. The summed E-state index contributed by atoms with van der Waals surface area (Å²) in [6, 6.07) is 7.74. The number of carbonyl (C=O) groups is 2. The van der Waals surface area contributed by atoms with E-state index in [2.05, 4.69) is 5.32 Å². The fourth-order valence-corrected chi connectivity index (χ4v) is 2.98. The Labute approximate surface area is 180 Å². The molecule has 0 aromatic heterocycles. The van der Waals surface area contributed by atoms with Crippen molar-refractivity contribution in [1.82, 2.24) is 5.32 Å². The Kier molecular flexibility index (Phi) is 7.20. The van der Waals surface area contributed by atoms with Gasteiger partial charge in [-0.3, -0.25) is 4.79 Å². The first-order valence-corrected chi connectivity index (χ1v) is 10.3. The topological polar surface area (TPSA) is 73.9 Å². The zero-order valence-corrected chi connectivity index (χ0v) is 19.4. The second kappa shape index (κ2) is 8.94. The van der Waals surface area contributed by atoms with E-state index in [9.17, 15) is 9.59 Å². The third kappa shape index (κ3) is 6.71. The Hall–Kier alpha value is -2.12. The van der Waals surface area contributed by atoms with Crippen molar-refractivity contribution in [1.29, 1.82) is 0 Å². The maximum atomic E-state index is 12.2. The zero-order valence-electron chi connectivity index (χ0n) is 19.4. The summed E-state index contributed by atoms with van der Waals surface area (Å²) < 4.78 is 17.7. The number of alkyl carbamates (subject to hydrolysis) is 1. The third-order valence-electron chi connectivity index (χ3n) is 5.15. The lowest BCUT2D eigenvalue weighted by atomic mass is 9.77. The van der Waals surface area contributed by atoms with E-state index < -0.39 is 30.0 Å². The van der Waals surface area contributed by atoms with Crippen molar-refractivity contribution in [3.05, 3.63) is 40.9 Å². The fraction of sp³-hybridized carbons (Fsp3) is 0.565. The molecule has 1 amide bonds. The number of ether oxygens (including phenoxy) is 1. The van der Waals surface area contributed by atoms with E-state index in [0.29, 0.717) is 6.42 Å². The minimum Gasteiger partial charge on any atom is -0.444 e. The normalized spacial score (nSPS) is 18.3. The van der Waals surface area contributed by atoms with Gasteiger partial charge in [0.15, 0.2) is 0 Å². The van der Waals surface area contributed by atoms with Gasteiger partial charge in [0.05, 0.1) is 11.2 Å². The number of benzene rings is 1. The number of Topliss-reactive ketones (excluding diaryl/α,β-unsaturated/α-hetero) is 1. The van der Waals surface area contributed by atoms with Gasteiger partial charge in [-0.15, -0.1) is 0 Å². The monoisotopic (exact) mass is 415 g/mol. The number of ketones is 1. The lowest BCUT2D eigenvalue weighted by Crippen LogP contribution is -2.41. The molecule has 30 heavy (non-hydrogen) atoms. The lowest BCUT2D eigenvalue weighted by molar-refractivity contribution is -0.116. The molecule has 1 aromatic carbocycles. The first-order chi connectivity index (χ1) is 13.7. The molecule has 1 aliphatic heterocycles. The molecule has 0 spiro atoms. The maximum Gasteiger partial charge on any atom is 0.492 e.